The van der Waals surface area contributed by atoms with Crippen molar-refractivity contribution < 1.29 is 22.7 Å². The highest BCUT2D eigenvalue weighted by Gasteiger charge is 2.26. The molecule has 0 atom stereocenters. The van der Waals surface area contributed by atoms with Crippen molar-refractivity contribution in [1.82, 2.24) is 4.31 Å². The van der Waals surface area contributed by atoms with E-state index in [2.05, 4.69) is 0 Å². The quantitative estimate of drug-likeness (QED) is 0.832. The highest BCUT2D eigenvalue weighted by atomic mass is 32.2. The molecule has 0 bridgehead atoms. The summed E-state index contributed by atoms with van der Waals surface area (Å²) in [5.74, 6) is -1.65. The summed E-state index contributed by atoms with van der Waals surface area (Å²) in [5.41, 5.74) is 1.10. The molecule has 7 heteroatoms. The van der Waals surface area contributed by atoms with Crippen molar-refractivity contribution in [3.8, 4) is 0 Å². The molecule has 0 spiro atoms. The van der Waals surface area contributed by atoms with Crippen LogP contribution in [0, 0.1) is 12.7 Å². The zero-order chi connectivity index (χ0) is 17.7. The Morgan fingerprint density at radius 3 is 2.33 bits per heavy atom. The number of hydrogen-bond acceptors (Lipinski definition) is 3. The fraction of sp³-hybridized carbons (Fsp3) is 0.235. The standard InChI is InChI=1S/C17H18FNO4S/c1-13-6-8-15(9-7-13)24(22,23)19(11-10-17(20)21)12-14-4-2-3-5-16(14)18/h2-9H,10-12H2,1H3,(H,20,21). The van der Waals surface area contributed by atoms with E-state index < -0.39 is 21.8 Å². The van der Waals surface area contributed by atoms with Crippen LogP contribution in [0.5, 0.6) is 0 Å². The van der Waals surface area contributed by atoms with Gasteiger partial charge in [0.25, 0.3) is 0 Å². The van der Waals surface area contributed by atoms with E-state index in [0.717, 1.165) is 9.87 Å². The van der Waals surface area contributed by atoms with Crippen molar-refractivity contribution in [3.63, 3.8) is 0 Å². The molecule has 0 saturated carbocycles. The number of carboxylic acids is 1. The minimum Gasteiger partial charge on any atom is -0.481 e. The Bertz CT molecular complexity index is 819. The smallest absolute Gasteiger partial charge is 0.304 e. The number of sulfonamides is 1. The van der Waals surface area contributed by atoms with Crippen molar-refractivity contribution >= 4 is 16.0 Å². The van der Waals surface area contributed by atoms with Crippen LogP contribution in [-0.4, -0.2) is 30.3 Å². The number of carbonyl (C=O) groups is 1. The van der Waals surface area contributed by atoms with Crippen LogP contribution in [0.25, 0.3) is 0 Å². The third kappa shape index (κ3) is 4.39. The summed E-state index contributed by atoms with van der Waals surface area (Å²) in [5, 5.41) is 8.86. The normalized spacial score (nSPS) is 11.6. The first-order chi connectivity index (χ1) is 11.3. The average molecular weight is 351 g/mol. The summed E-state index contributed by atoms with van der Waals surface area (Å²) in [6.07, 6.45) is -0.362. The van der Waals surface area contributed by atoms with Crippen molar-refractivity contribution in [2.75, 3.05) is 6.54 Å². The van der Waals surface area contributed by atoms with Gasteiger partial charge in [-0.15, -0.1) is 0 Å². The molecular formula is C17H18FNO4S. The maximum atomic E-state index is 13.9. The van der Waals surface area contributed by atoms with Gasteiger partial charge in [-0.25, -0.2) is 12.8 Å². The lowest BCUT2D eigenvalue weighted by molar-refractivity contribution is -0.137. The molecule has 0 aliphatic carbocycles. The molecule has 0 aromatic heterocycles. The molecule has 1 N–H and O–H groups in total. The van der Waals surface area contributed by atoms with Crippen LogP contribution >= 0.6 is 0 Å². The number of aliphatic carboxylic acids is 1. The van der Waals surface area contributed by atoms with Gasteiger partial charge in [0, 0.05) is 18.7 Å². The molecular weight excluding hydrogens is 333 g/mol. The molecule has 0 fully saturated rings. The molecule has 0 radical (unpaired) electrons. The Morgan fingerprint density at radius 2 is 1.75 bits per heavy atom. The first kappa shape index (κ1) is 18.1. The molecule has 0 saturated heterocycles. The molecule has 0 aliphatic heterocycles. The van der Waals surface area contributed by atoms with E-state index in [0.29, 0.717) is 0 Å². The first-order valence-electron chi connectivity index (χ1n) is 7.33. The molecule has 128 valence electrons. The van der Waals surface area contributed by atoms with Gasteiger partial charge in [0.05, 0.1) is 11.3 Å². The molecule has 2 rings (SSSR count). The molecule has 5 nitrogen and oxygen atoms in total. The predicted octanol–water partition coefficient (Wildman–Crippen LogP) is 2.80. The Hall–Kier alpha value is -2.25. The Labute approximate surface area is 140 Å². The minimum absolute atomic E-state index is 0.0508. The van der Waals surface area contributed by atoms with E-state index in [1.54, 1.807) is 18.2 Å². The zero-order valence-electron chi connectivity index (χ0n) is 13.1. The van der Waals surface area contributed by atoms with Gasteiger partial charge in [-0.2, -0.15) is 4.31 Å². The minimum atomic E-state index is -3.93. The van der Waals surface area contributed by atoms with Crippen LogP contribution in [0.15, 0.2) is 53.4 Å². The SMILES string of the molecule is Cc1ccc(S(=O)(=O)N(CCC(=O)O)Cc2ccccc2F)cc1. The van der Waals surface area contributed by atoms with Gasteiger partial charge in [-0.05, 0) is 25.1 Å². The van der Waals surface area contributed by atoms with Gasteiger partial charge in [0.2, 0.25) is 10.0 Å². The highest BCUT2D eigenvalue weighted by molar-refractivity contribution is 7.89. The van der Waals surface area contributed by atoms with Gasteiger partial charge >= 0.3 is 5.97 Å². The number of aryl methyl sites for hydroxylation is 1. The van der Waals surface area contributed by atoms with Crippen LogP contribution in [0.1, 0.15) is 17.5 Å². The number of benzene rings is 2. The second-order valence-electron chi connectivity index (χ2n) is 5.39. The van der Waals surface area contributed by atoms with Crippen LogP contribution in [0.2, 0.25) is 0 Å². The van der Waals surface area contributed by atoms with Crippen molar-refractivity contribution in [2.24, 2.45) is 0 Å². The summed E-state index contributed by atoms with van der Waals surface area (Å²) >= 11 is 0. The fourth-order valence-electron chi connectivity index (χ4n) is 2.18. The van der Waals surface area contributed by atoms with Crippen LogP contribution in [-0.2, 0) is 21.4 Å². The largest absolute Gasteiger partial charge is 0.481 e. The van der Waals surface area contributed by atoms with Gasteiger partial charge in [-0.1, -0.05) is 35.9 Å². The lowest BCUT2D eigenvalue weighted by atomic mass is 10.2. The lowest BCUT2D eigenvalue weighted by Gasteiger charge is -2.22. The third-order valence-electron chi connectivity index (χ3n) is 3.54. The summed E-state index contributed by atoms with van der Waals surface area (Å²) in [6.45, 7) is 1.37. The number of hydrogen-bond donors (Lipinski definition) is 1. The van der Waals surface area contributed by atoms with Crippen molar-refractivity contribution in [3.05, 3.63) is 65.5 Å². The number of rotatable bonds is 7. The Kier molecular flexibility index (Phi) is 5.69. The average Bonchev–Trinajstić information content (AvgIpc) is 2.53. The number of halogens is 1. The maximum absolute atomic E-state index is 13.9. The van der Waals surface area contributed by atoms with Gasteiger partial charge in [0.15, 0.2) is 0 Å². The summed E-state index contributed by atoms with van der Waals surface area (Å²) in [7, 11) is -3.93. The van der Waals surface area contributed by atoms with E-state index in [1.165, 1.54) is 30.3 Å². The first-order valence-corrected chi connectivity index (χ1v) is 8.77. The second-order valence-corrected chi connectivity index (χ2v) is 7.32. The molecule has 0 unspecified atom stereocenters. The maximum Gasteiger partial charge on any atom is 0.304 e. The summed E-state index contributed by atoms with van der Waals surface area (Å²) < 4.78 is 40.4. The van der Waals surface area contributed by atoms with Gasteiger partial charge < -0.3 is 5.11 Å². The van der Waals surface area contributed by atoms with E-state index in [4.69, 9.17) is 5.11 Å². The third-order valence-corrected chi connectivity index (χ3v) is 5.40. The van der Waals surface area contributed by atoms with E-state index in [-0.39, 0.29) is 30.0 Å². The van der Waals surface area contributed by atoms with Crippen LogP contribution < -0.4 is 0 Å². The topological polar surface area (TPSA) is 74.7 Å². The highest BCUT2D eigenvalue weighted by Crippen LogP contribution is 2.20. The van der Waals surface area contributed by atoms with Crippen molar-refractivity contribution in [1.29, 1.82) is 0 Å². The lowest BCUT2D eigenvalue weighted by Crippen LogP contribution is -2.33. The molecule has 2 aromatic rings. The van der Waals surface area contributed by atoms with Crippen LogP contribution in [0.4, 0.5) is 4.39 Å². The molecule has 2 aromatic carbocycles. The van der Waals surface area contributed by atoms with Crippen LogP contribution in [0.3, 0.4) is 0 Å². The molecule has 0 heterocycles. The molecule has 0 aliphatic rings. The monoisotopic (exact) mass is 351 g/mol. The predicted molar refractivity (Wildman–Crippen MR) is 87.4 cm³/mol. The van der Waals surface area contributed by atoms with E-state index in [9.17, 15) is 17.6 Å². The Balaban J connectivity index is 2.35. The van der Waals surface area contributed by atoms with Gasteiger partial charge in [-0.3, -0.25) is 4.79 Å². The van der Waals surface area contributed by atoms with Crippen molar-refractivity contribution in [2.45, 2.75) is 24.8 Å². The summed E-state index contributed by atoms with van der Waals surface area (Å²) in [6, 6.07) is 12.1. The molecule has 24 heavy (non-hydrogen) atoms. The Morgan fingerprint density at radius 1 is 1.12 bits per heavy atom. The number of carboxylic acid groups (broad SMARTS) is 1. The number of nitrogens with zero attached hydrogens (tertiary/aromatic N) is 1. The molecule has 0 amide bonds. The van der Waals surface area contributed by atoms with Gasteiger partial charge in [0.1, 0.15) is 5.82 Å². The summed E-state index contributed by atoms with van der Waals surface area (Å²) in [4.78, 5) is 10.9. The zero-order valence-corrected chi connectivity index (χ0v) is 14.0. The fourth-order valence-corrected chi connectivity index (χ4v) is 3.60. The second kappa shape index (κ2) is 7.55. The van der Waals surface area contributed by atoms with E-state index >= 15 is 0 Å². The van der Waals surface area contributed by atoms with E-state index in [1.807, 2.05) is 6.92 Å².